The number of nitrogens with zero attached hydrogens (tertiary/aromatic N) is 2. The van der Waals surface area contributed by atoms with Crippen LogP contribution in [0.4, 0.5) is 0 Å². The topological polar surface area (TPSA) is 49.6 Å². The molecule has 25 heavy (non-hydrogen) atoms. The fourth-order valence-corrected chi connectivity index (χ4v) is 3.33. The Hall–Kier alpha value is -2.17. The van der Waals surface area contributed by atoms with E-state index < -0.39 is 0 Å². The first-order chi connectivity index (χ1) is 12.2. The van der Waals surface area contributed by atoms with Crippen molar-refractivity contribution in [3.63, 3.8) is 0 Å². The predicted molar refractivity (Wildman–Crippen MR) is 101 cm³/mol. The first kappa shape index (κ1) is 17.6. The molecule has 0 spiro atoms. The summed E-state index contributed by atoms with van der Waals surface area (Å²) >= 11 is 0. The maximum Gasteiger partial charge on any atom is 0.253 e. The monoisotopic (exact) mass is 337 g/mol. The molecule has 4 heteroatoms. The quantitative estimate of drug-likeness (QED) is 0.933. The van der Waals surface area contributed by atoms with Gasteiger partial charge in [-0.1, -0.05) is 42.5 Å². The van der Waals surface area contributed by atoms with Crippen LogP contribution in [0.3, 0.4) is 0 Å². The minimum absolute atomic E-state index is 0.123. The van der Waals surface area contributed by atoms with E-state index in [1.54, 1.807) is 0 Å². The molecule has 0 aromatic heterocycles. The highest BCUT2D eigenvalue weighted by atomic mass is 16.2. The van der Waals surface area contributed by atoms with E-state index in [4.69, 9.17) is 5.73 Å². The number of nitrogens with two attached hydrogens (primary N) is 1. The largest absolute Gasteiger partial charge is 0.337 e. The summed E-state index contributed by atoms with van der Waals surface area (Å²) in [5.74, 6) is 0.123. The standard InChI is InChI=1S/C21H27N3O/c1-17-11-12-23(21(25)20-9-7-18(15-22)8-10-20)13-14-24(17)16-19-5-3-2-4-6-19/h2-10,17H,11-16,22H2,1H3. The van der Waals surface area contributed by atoms with Crippen molar-refractivity contribution in [1.29, 1.82) is 0 Å². The van der Waals surface area contributed by atoms with Crippen molar-refractivity contribution in [2.75, 3.05) is 19.6 Å². The number of hydrogen-bond acceptors (Lipinski definition) is 3. The summed E-state index contributed by atoms with van der Waals surface area (Å²) in [6, 6.07) is 18.7. The maximum absolute atomic E-state index is 12.8. The Labute approximate surface area is 150 Å². The maximum atomic E-state index is 12.8. The Morgan fingerprint density at radius 3 is 2.40 bits per heavy atom. The van der Waals surface area contributed by atoms with Crippen LogP contribution in [0.25, 0.3) is 0 Å². The Morgan fingerprint density at radius 1 is 1.00 bits per heavy atom. The van der Waals surface area contributed by atoms with Crippen molar-refractivity contribution in [2.24, 2.45) is 5.73 Å². The number of carbonyl (C=O) groups is 1. The van der Waals surface area contributed by atoms with Crippen LogP contribution in [0.15, 0.2) is 54.6 Å². The third-order valence-electron chi connectivity index (χ3n) is 5.05. The molecule has 2 N–H and O–H groups in total. The minimum Gasteiger partial charge on any atom is -0.337 e. The van der Waals surface area contributed by atoms with Crippen LogP contribution in [0.5, 0.6) is 0 Å². The van der Waals surface area contributed by atoms with Crippen LogP contribution in [0.1, 0.15) is 34.8 Å². The van der Waals surface area contributed by atoms with Gasteiger partial charge in [-0.25, -0.2) is 0 Å². The fourth-order valence-electron chi connectivity index (χ4n) is 3.33. The SMILES string of the molecule is CC1CCN(C(=O)c2ccc(CN)cc2)CCN1Cc1ccccc1. The van der Waals surface area contributed by atoms with E-state index in [9.17, 15) is 4.79 Å². The normalized spacial score (nSPS) is 18.8. The summed E-state index contributed by atoms with van der Waals surface area (Å²) in [4.78, 5) is 17.3. The number of amides is 1. The molecule has 4 nitrogen and oxygen atoms in total. The highest BCUT2D eigenvalue weighted by molar-refractivity contribution is 5.94. The molecule has 1 fully saturated rings. The van der Waals surface area contributed by atoms with Gasteiger partial charge in [0.25, 0.3) is 5.91 Å². The third-order valence-corrected chi connectivity index (χ3v) is 5.05. The molecule has 1 amide bonds. The first-order valence-electron chi connectivity index (χ1n) is 9.03. The van der Waals surface area contributed by atoms with Gasteiger partial charge in [0, 0.05) is 44.3 Å². The zero-order valence-corrected chi connectivity index (χ0v) is 14.9. The molecule has 1 aliphatic heterocycles. The molecule has 0 aliphatic carbocycles. The van der Waals surface area contributed by atoms with E-state index in [1.807, 2.05) is 35.2 Å². The van der Waals surface area contributed by atoms with E-state index in [2.05, 4.69) is 36.1 Å². The smallest absolute Gasteiger partial charge is 0.253 e. The van der Waals surface area contributed by atoms with E-state index in [-0.39, 0.29) is 5.91 Å². The highest BCUT2D eigenvalue weighted by Gasteiger charge is 2.24. The van der Waals surface area contributed by atoms with Gasteiger partial charge >= 0.3 is 0 Å². The lowest BCUT2D eigenvalue weighted by Gasteiger charge is -2.26. The van der Waals surface area contributed by atoms with Crippen LogP contribution in [-0.2, 0) is 13.1 Å². The van der Waals surface area contributed by atoms with Gasteiger partial charge in [-0.2, -0.15) is 0 Å². The minimum atomic E-state index is 0.123. The zero-order chi connectivity index (χ0) is 17.6. The molecule has 0 radical (unpaired) electrons. The van der Waals surface area contributed by atoms with Crippen LogP contribution in [0.2, 0.25) is 0 Å². The second kappa shape index (κ2) is 8.28. The molecule has 1 unspecified atom stereocenters. The molecule has 1 atom stereocenters. The summed E-state index contributed by atoms with van der Waals surface area (Å²) in [6.45, 7) is 6.19. The summed E-state index contributed by atoms with van der Waals surface area (Å²) in [5, 5.41) is 0. The van der Waals surface area contributed by atoms with Gasteiger partial charge in [0.05, 0.1) is 0 Å². The summed E-state index contributed by atoms with van der Waals surface area (Å²) in [5.41, 5.74) is 8.76. The molecule has 1 aliphatic rings. The molecule has 2 aromatic rings. The first-order valence-corrected chi connectivity index (χ1v) is 9.03. The van der Waals surface area contributed by atoms with Crippen LogP contribution < -0.4 is 5.73 Å². The van der Waals surface area contributed by atoms with Crippen molar-refractivity contribution in [1.82, 2.24) is 9.80 Å². The van der Waals surface area contributed by atoms with Gasteiger partial charge in [0.1, 0.15) is 0 Å². The van der Waals surface area contributed by atoms with E-state index >= 15 is 0 Å². The van der Waals surface area contributed by atoms with Crippen molar-refractivity contribution >= 4 is 5.91 Å². The Kier molecular flexibility index (Phi) is 5.84. The average Bonchev–Trinajstić information content (AvgIpc) is 2.84. The Morgan fingerprint density at radius 2 is 1.72 bits per heavy atom. The van der Waals surface area contributed by atoms with Crippen molar-refractivity contribution < 1.29 is 4.79 Å². The summed E-state index contributed by atoms with van der Waals surface area (Å²) in [7, 11) is 0. The number of benzene rings is 2. The molecule has 2 aromatic carbocycles. The molecule has 3 rings (SSSR count). The lowest BCUT2D eigenvalue weighted by Crippen LogP contribution is -2.36. The molecule has 1 saturated heterocycles. The Bertz CT molecular complexity index is 684. The van der Waals surface area contributed by atoms with Gasteiger partial charge in [-0.05, 0) is 36.6 Å². The van der Waals surface area contributed by atoms with Crippen LogP contribution >= 0.6 is 0 Å². The number of rotatable bonds is 4. The fraction of sp³-hybridized carbons (Fsp3) is 0.381. The van der Waals surface area contributed by atoms with Gasteiger partial charge in [0.15, 0.2) is 0 Å². The van der Waals surface area contributed by atoms with Crippen molar-refractivity contribution in [2.45, 2.75) is 32.5 Å². The molecule has 1 heterocycles. The van der Waals surface area contributed by atoms with Gasteiger partial charge < -0.3 is 10.6 Å². The zero-order valence-electron chi connectivity index (χ0n) is 14.9. The van der Waals surface area contributed by atoms with E-state index in [0.717, 1.165) is 43.7 Å². The Balaban J connectivity index is 1.64. The lowest BCUT2D eigenvalue weighted by atomic mass is 10.1. The van der Waals surface area contributed by atoms with Gasteiger partial charge in [0.2, 0.25) is 0 Å². The molecule has 0 saturated carbocycles. The van der Waals surface area contributed by atoms with E-state index in [1.165, 1.54) is 5.56 Å². The number of hydrogen-bond donors (Lipinski definition) is 1. The number of carbonyl (C=O) groups excluding carboxylic acids is 1. The summed E-state index contributed by atoms with van der Waals surface area (Å²) < 4.78 is 0. The molecule has 0 bridgehead atoms. The van der Waals surface area contributed by atoms with Crippen LogP contribution in [-0.4, -0.2) is 41.4 Å². The average molecular weight is 337 g/mol. The van der Waals surface area contributed by atoms with Crippen LogP contribution in [0, 0.1) is 0 Å². The van der Waals surface area contributed by atoms with Crippen molar-refractivity contribution in [3.8, 4) is 0 Å². The summed E-state index contributed by atoms with van der Waals surface area (Å²) in [6.07, 6.45) is 0.999. The second-order valence-corrected chi connectivity index (χ2v) is 6.79. The third kappa shape index (κ3) is 4.47. The predicted octanol–water partition coefficient (Wildman–Crippen LogP) is 2.88. The molecular weight excluding hydrogens is 310 g/mol. The van der Waals surface area contributed by atoms with E-state index in [0.29, 0.717) is 12.6 Å². The van der Waals surface area contributed by atoms with Gasteiger partial charge in [-0.3, -0.25) is 9.69 Å². The molecular formula is C21H27N3O. The highest BCUT2D eigenvalue weighted by Crippen LogP contribution is 2.17. The lowest BCUT2D eigenvalue weighted by molar-refractivity contribution is 0.0761. The van der Waals surface area contributed by atoms with Crippen molar-refractivity contribution in [3.05, 3.63) is 71.3 Å². The second-order valence-electron chi connectivity index (χ2n) is 6.79. The van der Waals surface area contributed by atoms with Gasteiger partial charge in [-0.15, -0.1) is 0 Å². The molecule has 132 valence electrons.